The fraction of sp³-hybridized carbons (Fsp3) is 0.0476. The van der Waals surface area contributed by atoms with Crippen molar-refractivity contribution in [3.05, 3.63) is 88.9 Å². The monoisotopic (exact) mass is 359 g/mol. The lowest BCUT2D eigenvalue weighted by molar-refractivity contribution is 0.517. The molecule has 0 aliphatic carbocycles. The van der Waals surface area contributed by atoms with Crippen molar-refractivity contribution in [1.82, 2.24) is 14.5 Å². The average Bonchev–Trinajstić information content (AvgIpc) is 3.24. The lowest BCUT2D eigenvalue weighted by Crippen LogP contribution is -2.14. The van der Waals surface area contributed by atoms with Crippen molar-refractivity contribution in [3.63, 3.8) is 0 Å². The third kappa shape index (κ3) is 2.62. The lowest BCUT2D eigenvalue weighted by Gasteiger charge is -2.04. The van der Waals surface area contributed by atoms with E-state index in [-0.39, 0.29) is 5.82 Å². The summed E-state index contributed by atoms with van der Waals surface area (Å²) in [6, 6.07) is 15.6. The van der Waals surface area contributed by atoms with Gasteiger partial charge in [0.05, 0.1) is 12.1 Å². The zero-order valence-electron chi connectivity index (χ0n) is 14.1. The maximum atomic E-state index is 13.1. The molecule has 132 valence electrons. The molecule has 0 aliphatic heterocycles. The van der Waals surface area contributed by atoms with Crippen molar-refractivity contribution in [2.75, 3.05) is 0 Å². The first-order valence-electron chi connectivity index (χ1n) is 8.49. The smallest absolute Gasteiger partial charge is 0.408 e. The van der Waals surface area contributed by atoms with E-state index in [2.05, 4.69) is 9.97 Å². The van der Waals surface area contributed by atoms with E-state index < -0.39 is 5.76 Å². The number of pyridine rings is 1. The van der Waals surface area contributed by atoms with Crippen molar-refractivity contribution in [2.45, 2.75) is 6.54 Å². The first-order valence-corrected chi connectivity index (χ1v) is 8.49. The van der Waals surface area contributed by atoms with Gasteiger partial charge in [-0.25, -0.2) is 14.2 Å². The van der Waals surface area contributed by atoms with Gasteiger partial charge in [0, 0.05) is 23.3 Å². The summed E-state index contributed by atoms with van der Waals surface area (Å²) in [5.74, 6) is -0.743. The van der Waals surface area contributed by atoms with Gasteiger partial charge in [-0.05, 0) is 47.5 Å². The second kappa shape index (κ2) is 5.95. The van der Waals surface area contributed by atoms with Gasteiger partial charge in [-0.15, -0.1) is 0 Å². The van der Waals surface area contributed by atoms with Gasteiger partial charge in [-0.1, -0.05) is 18.2 Å². The summed E-state index contributed by atoms with van der Waals surface area (Å²) in [5, 5.41) is 1.00. The molecule has 0 spiro atoms. The Bertz CT molecular complexity index is 1330. The van der Waals surface area contributed by atoms with Crippen LogP contribution in [-0.2, 0) is 6.54 Å². The summed E-state index contributed by atoms with van der Waals surface area (Å²) < 4.78 is 20.1. The molecule has 0 radical (unpaired) electrons. The van der Waals surface area contributed by atoms with Crippen molar-refractivity contribution < 1.29 is 8.81 Å². The second-order valence-electron chi connectivity index (χ2n) is 6.37. The quantitative estimate of drug-likeness (QED) is 0.522. The van der Waals surface area contributed by atoms with Gasteiger partial charge >= 0.3 is 5.76 Å². The molecule has 0 aliphatic rings. The molecule has 0 saturated heterocycles. The highest BCUT2D eigenvalue weighted by Crippen LogP contribution is 2.30. The Labute approximate surface area is 152 Å². The number of hydrogen-bond acceptors (Lipinski definition) is 3. The lowest BCUT2D eigenvalue weighted by atomic mass is 10.1. The number of halogens is 1. The first-order chi connectivity index (χ1) is 13.2. The molecule has 2 aromatic carbocycles. The topological polar surface area (TPSA) is 63.8 Å². The van der Waals surface area contributed by atoms with Gasteiger partial charge in [-0.2, -0.15) is 0 Å². The molecular weight excluding hydrogens is 345 g/mol. The minimum Gasteiger partial charge on any atom is -0.408 e. The molecule has 3 heterocycles. The molecule has 1 N–H and O–H groups in total. The van der Waals surface area contributed by atoms with Gasteiger partial charge in [0.1, 0.15) is 11.5 Å². The Balaban J connectivity index is 1.59. The summed E-state index contributed by atoms with van der Waals surface area (Å²) in [5.41, 5.74) is 4.78. The summed E-state index contributed by atoms with van der Waals surface area (Å²) in [6.07, 6.45) is 3.63. The summed E-state index contributed by atoms with van der Waals surface area (Å²) in [6.45, 7) is 0.322. The van der Waals surface area contributed by atoms with Crippen LogP contribution >= 0.6 is 0 Å². The number of H-pyrrole nitrogens is 1. The summed E-state index contributed by atoms with van der Waals surface area (Å²) in [4.78, 5) is 19.8. The van der Waals surface area contributed by atoms with Crippen molar-refractivity contribution in [1.29, 1.82) is 0 Å². The van der Waals surface area contributed by atoms with Gasteiger partial charge in [0.2, 0.25) is 0 Å². The first kappa shape index (κ1) is 15.6. The number of fused-ring (bicyclic) bond motifs is 2. The number of nitrogens with zero attached hydrogens (tertiary/aromatic N) is 2. The van der Waals surface area contributed by atoms with E-state index >= 15 is 0 Å². The zero-order valence-corrected chi connectivity index (χ0v) is 14.1. The molecule has 5 rings (SSSR count). The van der Waals surface area contributed by atoms with Crippen LogP contribution in [0, 0.1) is 5.82 Å². The molecule has 0 atom stereocenters. The number of oxazole rings is 1. The van der Waals surface area contributed by atoms with Gasteiger partial charge in [-0.3, -0.25) is 4.57 Å². The predicted molar refractivity (Wildman–Crippen MR) is 101 cm³/mol. The number of nitrogens with one attached hydrogen (secondary N) is 1. The third-order valence-electron chi connectivity index (χ3n) is 4.68. The van der Waals surface area contributed by atoms with E-state index in [0.29, 0.717) is 17.6 Å². The highest BCUT2D eigenvalue weighted by atomic mass is 19.1. The van der Waals surface area contributed by atoms with Gasteiger partial charge in [0.25, 0.3) is 0 Å². The number of benzene rings is 2. The fourth-order valence-corrected chi connectivity index (χ4v) is 3.35. The normalized spacial score (nSPS) is 11.4. The van der Waals surface area contributed by atoms with E-state index in [9.17, 15) is 9.18 Å². The number of aromatic nitrogens is 3. The fourth-order valence-electron chi connectivity index (χ4n) is 3.35. The molecule has 5 nitrogen and oxygen atoms in total. The van der Waals surface area contributed by atoms with Crippen LogP contribution in [0.4, 0.5) is 4.39 Å². The molecular formula is C21H14FN3O2. The van der Waals surface area contributed by atoms with Crippen LogP contribution in [0.15, 0.2) is 76.2 Å². The number of rotatable bonds is 3. The van der Waals surface area contributed by atoms with Crippen LogP contribution in [0.3, 0.4) is 0 Å². The Morgan fingerprint density at radius 1 is 1.11 bits per heavy atom. The standard InChI is InChI=1S/C21H14FN3O2/c22-15-6-3-13(4-7-15)12-25-18-8-5-14(10-19(18)27-21(25)26)17-11-24-20-16(17)2-1-9-23-20/h1-11H,12H2,(H,23,24). The molecule has 27 heavy (non-hydrogen) atoms. The SMILES string of the molecule is O=c1oc2cc(-c3c[nH]c4ncccc34)ccc2n1Cc1ccc(F)cc1. The minimum absolute atomic E-state index is 0.305. The molecule has 3 aromatic heterocycles. The average molecular weight is 359 g/mol. The van der Waals surface area contributed by atoms with E-state index in [1.54, 1.807) is 22.9 Å². The molecule has 0 unspecified atom stereocenters. The van der Waals surface area contributed by atoms with E-state index in [1.807, 2.05) is 36.5 Å². The predicted octanol–water partition coefficient (Wildman–Crippen LogP) is 4.33. The largest absolute Gasteiger partial charge is 0.420 e. The Morgan fingerprint density at radius 2 is 1.96 bits per heavy atom. The highest BCUT2D eigenvalue weighted by Gasteiger charge is 2.13. The van der Waals surface area contributed by atoms with Crippen molar-refractivity contribution in [3.8, 4) is 11.1 Å². The molecule has 0 amide bonds. The van der Waals surface area contributed by atoms with Crippen LogP contribution in [-0.4, -0.2) is 14.5 Å². The van der Waals surface area contributed by atoms with E-state index in [0.717, 1.165) is 27.7 Å². The summed E-state index contributed by atoms with van der Waals surface area (Å²) >= 11 is 0. The van der Waals surface area contributed by atoms with Crippen LogP contribution < -0.4 is 5.76 Å². The van der Waals surface area contributed by atoms with E-state index in [1.165, 1.54) is 12.1 Å². The zero-order chi connectivity index (χ0) is 18.4. The summed E-state index contributed by atoms with van der Waals surface area (Å²) in [7, 11) is 0. The minimum atomic E-state index is -0.438. The number of hydrogen-bond donors (Lipinski definition) is 1. The molecule has 0 fully saturated rings. The molecule has 0 saturated carbocycles. The van der Waals surface area contributed by atoms with Crippen LogP contribution in [0.5, 0.6) is 0 Å². The Morgan fingerprint density at radius 3 is 2.81 bits per heavy atom. The Kier molecular flexibility index (Phi) is 3.43. The highest BCUT2D eigenvalue weighted by molar-refractivity contribution is 5.95. The Hall–Kier alpha value is -3.67. The van der Waals surface area contributed by atoms with Crippen molar-refractivity contribution >= 4 is 22.1 Å². The molecule has 5 aromatic rings. The van der Waals surface area contributed by atoms with Gasteiger partial charge in [0.15, 0.2) is 5.58 Å². The molecule has 6 heteroatoms. The van der Waals surface area contributed by atoms with E-state index in [4.69, 9.17) is 4.42 Å². The number of aromatic amines is 1. The van der Waals surface area contributed by atoms with Gasteiger partial charge < -0.3 is 9.40 Å². The molecule has 0 bridgehead atoms. The maximum absolute atomic E-state index is 13.1. The van der Waals surface area contributed by atoms with Crippen LogP contribution in [0.2, 0.25) is 0 Å². The van der Waals surface area contributed by atoms with Crippen LogP contribution in [0.25, 0.3) is 33.3 Å². The maximum Gasteiger partial charge on any atom is 0.420 e. The van der Waals surface area contributed by atoms with Crippen molar-refractivity contribution in [2.24, 2.45) is 0 Å². The van der Waals surface area contributed by atoms with Crippen LogP contribution in [0.1, 0.15) is 5.56 Å². The third-order valence-corrected chi connectivity index (χ3v) is 4.68. The second-order valence-corrected chi connectivity index (χ2v) is 6.37.